The molecule has 2 aromatic carbocycles. The Morgan fingerprint density at radius 1 is 0.933 bits per heavy atom. The zero-order chi connectivity index (χ0) is 21.3. The van der Waals surface area contributed by atoms with Crippen molar-refractivity contribution in [2.75, 3.05) is 11.9 Å². The number of nitrogens with zero attached hydrogens (tertiary/aromatic N) is 3. The summed E-state index contributed by atoms with van der Waals surface area (Å²) in [6.07, 6.45) is 3.10. The van der Waals surface area contributed by atoms with Gasteiger partial charge in [0, 0.05) is 24.6 Å². The van der Waals surface area contributed by atoms with Crippen LogP contribution in [0.4, 0.5) is 11.4 Å². The number of aromatic amines is 1. The second-order valence-corrected chi connectivity index (χ2v) is 8.22. The van der Waals surface area contributed by atoms with Crippen molar-refractivity contribution in [1.82, 2.24) is 15.0 Å². The number of fused-ring (bicyclic) bond motifs is 1. The Bertz CT molecular complexity index is 1220. The second-order valence-electron chi connectivity index (χ2n) is 8.22. The van der Waals surface area contributed by atoms with E-state index in [1.807, 2.05) is 31.3 Å². The van der Waals surface area contributed by atoms with Crippen molar-refractivity contribution in [3.63, 3.8) is 0 Å². The van der Waals surface area contributed by atoms with Gasteiger partial charge in [0.2, 0.25) is 0 Å². The summed E-state index contributed by atoms with van der Waals surface area (Å²) in [6, 6.07) is 18.0. The Labute approximate surface area is 175 Å². The molecule has 0 spiro atoms. The molecule has 0 radical (unpaired) electrons. The van der Waals surface area contributed by atoms with Gasteiger partial charge in [0.1, 0.15) is 5.75 Å². The molecule has 0 aliphatic rings. The van der Waals surface area contributed by atoms with Crippen LogP contribution in [0.2, 0.25) is 0 Å². The molecule has 0 aliphatic heterocycles. The molecular formula is C24H24N4O2. The average Bonchev–Trinajstić information content (AvgIpc) is 2.73. The summed E-state index contributed by atoms with van der Waals surface area (Å²) in [4.78, 5) is 25.2. The summed E-state index contributed by atoms with van der Waals surface area (Å²) in [5, 5.41) is 0.479. The van der Waals surface area contributed by atoms with Crippen molar-refractivity contribution in [2.24, 2.45) is 0 Å². The van der Waals surface area contributed by atoms with Gasteiger partial charge in [0.25, 0.3) is 5.56 Å². The average molecular weight is 400 g/mol. The number of hydrogen-bond acceptors (Lipinski definition) is 5. The zero-order valence-corrected chi connectivity index (χ0v) is 17.5. The van der Waals surface area contributed by atoms with Crippen LogP contribution in [0.1, 0.15) is 26.3 Å². The maximum absolute atomic E-state index is 12.2. The van der Waals surface area contributed by atoms with E-state index in [4.69, 9.17) is 4.74 Å². The summed E-state index contributed by atoms with van der Waals surface area (Å²) >= 11 is 0. The van der Waals surface area contributed by atoms with Crippen LogP contribution in [0.5, 0.6) is 11.8 Å². The zero-order valence-electron chi connectivity index (χ0n) is 17.5. The molecule has 2 heterocycles. The monoisotopic (exact) mass is 400 g/mol. The van der Waals surface area contributed by atoms with Crippen LogP contribution in [0.25, 0.3) is 10.9 Å². The molecule has 0 saturated carbocycles. The minimum atomic E-state index is -0.257. The third-order valence-corrected chi connectivity index (χ3v) is 5.05. The predicted octanol–water partition coefficient (Wildman–Crippen LogP) is 5.18. The molecule has 30 heavy (non-hydrogen) atoms. The van der Waals surface area contributed by atoms with Gasteiger partial charge in [0.15, 0.2) is 0 Å². The summed E-state index contributed by atoms with van der Waals surface area (Å²) in [6.45, 7) is 6.62. The van der Waals surface area contributed by atoms with Gasteiger partial charge in [-0.2, -0.15) is 4.98 Å². The van der Waals surface area contributed by atoms with Crippen molar-refractivity contribution in [1.29, 1.82) is 0 Å². The number of pyridine rings is 1. The highest BCUT2D eigenvalue weighted by Crippen LogP contribution is 2.29. The van der Waals surface area contributed by atoms with Crippen LogP contribution in [0, 0.1) is 0 Å². The molecule has 4 rings (SSSR count). The van der Waals surface area contributed by atoms with Gasteiger partial charge in [-0.05, 0) is 53.4 Å². The van der Waals surface area contributed by atoms with Gasteiger partial charge in [-0.25, -0.2) is 0 Å². The van der Waals surface area contributed by atoms with E-state index in [1.54, 1.807) is 18.5 Å². The smallest absolute Gasteiger partial charge is 0.302 e. The number of aromatic nitrogens is 3. The minimum Gasteiger partial charge on any atom is -0.426 e. The molecule has 6 heteroatoms. The summed E-state index contributed by atoms with van der Waals surface area (Å²) in [5.41, 5.74) is 3.79. The topological polar surface area (TPSA) is 71.1 Å². The van der Waals surface area contributed by atoms with Gasteiger partial charge in [-0.15, -0.1) is 0 Å². The fourth-order valence-electron chi connectivity index (χ4n) is 3.20. The molecule has 0 unspecified atom stereocenters. The van der Waals surface area contributed by atoms with Gasteiger partial charge in [-0.3, -0.25) is 14.8 Å². The first-order valence-corrected chi connectivity index (χ1v) is 9.77. The molecular weight excluding hydrogens is 376 g/mol. The summed E-state index contributed by atoms with van der Waals surface area (Å²) in [7, 11) is 2.03. The molecule has 0 fully saturated rings. The number of anilines is 2. The van der Waals surface area contributed by atoms with E-state index in [9.17, 15) is 4.79 Å². The fourth-order valence-corrected chi connectivity index (χ4v) is 3.20. The van der Waals surface area contributed by atoms with Crippen molar-refractivity contribution in [3.05, 3.63) is 82.9 Å². The standard InChI is InChI=1S/C24H24N4O2/c1-24(2,3)16-5-7-17(8-6-16)28(4)18-9-11-19(12-10-18)30-23-26-21-15-25-14-13-20(21)22(29)27-23/h5-15H,1-4H3,(H,26,27,29). The van der Waals surface area contributed by atoms with E-state index in [0.29, 0.717) is 16.7 Å². The highest BCUT2D eigenvalue weighted by Gasteiger charge is 2.14. The lowest BCUT2D eigenvalue weighted by Gasteiger charge is -2.23. The Balaban J connectivity index is 1.52. The van der Waals surface area contributed by atoms with Crippen molar-refractivity contribution in [3.8, 4) is 11.8 Å². The van der Waals surface area contributed by atoms with Crippen LogP contribution in [-0.2, 0) is 5.41 Å². The quantitative estimate of drug-likeness (QED) is 0.511. The molecule has 152 valence electrons. The molecule has 6 nitrogen and oxygen atoms in total. The fraction of sp³-hybridized carbons (Fsp3) is 0.208. The van der Waals surface area contributed by atoms with E-state index < -0.39 is 0 Å². The van der Waals surface area contributed by atoms with Crippen molar-refractivity contribution >= 4 is 22.3 Å². The molecule has 0 bridgehead atoms. The third kappa shape index (κ3) is 4.03. The van der Waals surface area contributed by atoms with Crippen LogP contribution in [0.3, 0.4) is 0 Å². The number of hydrogen-bond donors (Lipinski definition) is 1. The Morgan fingerprint density at radius 2 is 1.57 bits per heavy atom. The lowest BCUT2D eigenvalue weighted by atomic mass is 9.87. The number of ether oxygens (including phenoxy) is 1. The SMILES string of the molecule is CN(c1ccc(Oc2nc3cnccc3c(=O)[nH]2)cc1)c1ccc(C(C)(C)C)cc1. The maximum Gasteiger partial charge on any atom is 0.302 e. The summed E-state index contributed by atoms with van der Waals surface area (Å²) in [5.74, 6) is 0.585. The number of rotatable bonds is 4. The van der Waals surface area contributed by atoms with Crippen LogP contribution in [0.15, 0.2) is 71.8 Å². The van der Waals surface area contributed by atoms with Gasteiger partial charge < -0.3 is 9.64 Å². The van der Waals surface area contributed by atoms with Crippen LogP contribution < -0.4 is 15.2 Å². The van der Waals surface area contributed by atoms with E-state index in [1.165, 1.54) is 5.56 Å². The van der Waals surface area contributed by atoms with Crippen LogP contribution >= 0.6 is 0 Å². The molecule has 0 saturated heterocycles. The Hall–Kier alpha value is -3.67. The van der Waals surface area contributed by atoms with Gasteiger partial charge >= 0.3 is 6.01 Å². The number of H-pyrrole nitrogens is 1. The van der Waals surface area contributed by atoms with E-state index >= 15 is 0 Å². The third-order valence-electron chi connectivity index (χ3n) is 5.05. The van der Waals surface area contributed by atoms with Crippen molar-refractivity contribution < 1.29 is 4.74 Å². The molecule has 0 aliphatic carbocycles. The Morgan fingerprint density at radius 3 is 2.20 bits per heavy atom. The largest absolute Gasteiger partial charge is 0.426 e. The molecule has 0 atom stereocenters. The molecule has 1 N–H and O–H groups in total. The first kappa shape index (κ1) is 19.6. The van der Waals surface area contributed by atoms with E-state index in [0.717, 1.165) is 11.4 Å². The van der Waals surface area contributed by atoms with Gasteiger partial charge in [-0.1, -0.05) is 32.9 Å². The normalized spacial score (nSPS) is 11.5. The first-order valence-electron chi connectivity index (χ1n) is 9.77. The molecule has 2 aromatic heterocycles. The van der Waals surface area contributed by atoms with Gasteiger partial charge in [0.05, 0.1) is 17.1 Å². The summed E-state index contributed by atoms with van der Waals surface area (Å²) < 4.78 is 5.75. The van der Waals surface area contributed by atoms with Crippen LogP contribution in [-0.4, -0.2) is 22.0 Å². The maximum atomic E-state index is 12.2. The highest BCUT2D eigenvalue weighted by atomic mass is 16.5. The molecule has 4 aromatic rings. The van der Waals surface area contributed by atoms with E-state index in [-0.39, 0.29) is 17.0 Å². The predicted molar refractivity (Wildman–Crippen MR) is 120 cm³/mol. The van der Waals surface area contributed by atoms with Crippen molar-refractivity contribution in [2.45, 2.75) is 26.2 Å². The van der Waals surface area contributed by atoms with E-state index in [2.05, 4.69) is 64.9 Å². The highest BCUT2D eigenvalue weighted by molar-refractivity contribution is 5.76. The Kier molecular flexibility index (Phi) is 4.99. The number of benzene rings is 2. The minimum absolute atomic E-state index is 0.129. The number of nitrogens with one attached hydrogen (secondary N) is 1. The lowest BCUT2D eigenvalue weighted by molar-refractivity contribution is 0.443. The lowest BCUT2D eigenvalue weighted by Crippen LogP contribution is -2.13. The second kappa shape index (κ2) is 7.63. The first-order chi connectivity index (χ1) is 14.3. The molecule has 0 amide bonds.